The number of hydrogen-bond acceptors (Lipinski definition) is 15. The molecule has 0 unspecified atom stereocenters. The first-order chi connectivity index (χ1) is 25.8. The molecule has 15 heteroatoms. The van der Waals surface area contributed by atoms with Crippen LogP contribution in [0.5, 0.6) is 0 Å². The molecule has 0 spiro atoms. The highest BCUT2D eigenvalue weighted by atomic mass is 16.7. The molecule has 0 radical (unpaired) electrons. The van der Waals surface area contributed by atoms with Gasteiger partial charge in [-0.1, -0.05) is 31.1 Å². The summed E-state index contributed by atoms with van der Waals surface area (Å²) in [7, 11) is 0. The van der Waals surface area contributed by atoms with Crippen LogP contribution in [-0.2, 0) is 28.5 Å². The van der Waals surface area contributed by atoms with Gasteiger partial charge < -0.3 is 69.6 Å². The topological polar surface area (TPSA) is 245 Å². The molecule has 3 heterocycles. The van der Waals surface area contributed by atoms with E-state index in [4.69, 9.17) is 23.7 Å². The molecule has 2 saturated heterocycles. The highest BCUT2D eigenvalue weighted by Crippen LogP contribution is 2.68. The zero-order valence-electron chi connectivity index (χ0n) is 32.4. The van der Waals surface area contributed by atoms with Gasteiger partial charge in [0, 0.05) is 23.8 Å². The molecule has 0 bridgehead atoms. The highest BCUT2D eigenvalue weighted by molar-refractivity contribution is 5.89. The lowest BCUT2D eigenvalue weighted by atomic mass is 9.46. The Morgan fingerprint density at radius 3 is 2.18 bits per heavy atom. The van der Waals surface area contributed by atoms with Crippen molar-refractivity contribution in [3.05, 3.63) is 22.8 Å². The number of carbonyl (C=O) groups is 1. The van der Waals surface area contributed by atoms with E-state index in [1.54, 1.807) is 6.92 Å². The van der Waals surface area contributed by atoms with Crippen molar-refractivity contribution >= 4 is 5.97 Å². The summed E-state index contributed by atoms with van der Waals surface area (Å²) in [6, 6.07) is 0. The van der Waals surface area contributed by atoms with Crippen molar-refractivity contribution in [1.29, 1.82) is 0 Å². The summed E-state index contributed by atoms with van der Waals surface area (Å²) >= 11 is 0. The molecule has 55 heavy (non-hydrogen) atoms. The van der Waals surface area contributed by atoms with Crippen LogP contribution in [0.15, 0.2) is 22.8 Å². The predicted molar refractivity (Wildman–Crippen MR) is 191 cm³/mol. The molecule has 7 aliphatic rings. The summed E-state index contributed by atoms with van der Waals surface area (Å²) in [5.74, 6) is 0.398. The maximum Gasteiger partial charge on any atom is 0.334 e. The number of hydrogen-bond donors (Lipinski definition) is 9. The van der Waals surface area contributed by atoms with Crippen LogP contribution >= 0.6 is 0 Å². The maximum atomic E-state index is 12.6. The third-order valence-electron chi connectivity index (χ3n) is 15.5. The van der Waals surface area contributed by atoms with Crippen LogP contribution in [0, 0.1) is 34.5 Å². The fourth-order valence-corrected chi connectivity index (χ4v) is 11.9. The Labute approximate surface area is 321 Å². The monoisotopic (exact) mass is 782 g/mol. The number of ether oxygens (including phenoxy) is 5. The minimum absolute atomic E-state index is 0.0515. The van der Waals surface area contributed by atoms with Crippen molar-refractivity contribution in [2.24, 2.45) is 34.5 Å². The Kier molecular flexibility index (Phi) is 11.5. The van der Waals surface area contributed by atoms with E-state index < -0.39 is 104 Å². The molecule has 15 nitrogen and oxygen atoms in total. The van der Waals surface area contributed by atoms with E-state index in [9.17, 15) is 50.8 Å². The number of esters is 1. The van der Waals surface area contributed by atoms with Gasteiger partial charge in [0.15, 0.2) is 12.6 Å². The average molecular weight is 783 g/mol. The second kappa shape index (κ2) is 15.2. The fourth-order valence-electron chi connectivity index (χ4n) is 11.9. The lowest BCUT2D eigenvalue weighted by Crippen LogP contribution is -2.62. The van der Waals surface area contributed by atoms with Crippen LogP contribution in [-0.4, -0.2) is 150 Å². The molecule has 20 atom stereocenters. The molecule has 3 saturated carbocycles. The summed E-state index contributed by atoms with van der Waals surface area (Å²) in [5, 5.41) is 96.4. The van der Waals surface area contributed by atoms with Gasteiger partial charge in [0.1, 0.15) is 60.5 Å². The zero-order valence-corrected chi connectivity index (χ0v) is 32.4. The smallest absolute Gasteiger partial charge is 0.334 e. The molecule has 312 valence electrons. The Morgan fingerprint density at radius 1 is 0.855 bits per heavy atom. The number of aliphatic hydroxyl groups is 9. The minimum Gasteiger partial charge on any atom is -0.456 e. The first-order valence-corrected chi connectivity index (χ1v) is 20.1. The SMILES string of the molecule is CC1=C(C)C(=O)O[C@@H]([C@@](C)(O)[C@@H]2CC[C@@H]3[C@H]4CC=C5C[C@@H](O[C@H]6O[C@@H](CO[C@@H]7O[C@H](CO)[C@H](O)[C@@H](O)[C@@H]7O)[C@H](O)[C@@H](O)[C@@H]6O)C[C@@H](O)[C@@]5(C)[C@@H]4CC[C@]32C)C1. The van der Waals surface area contributed by atoms with Gasteiger partial charge in [-0.05, 0) is 88.4 Å². The molecular weight excluding hydrogens is 720 g/mol. The molecule has 7 rings (SSSR count). The standard InChI is InChI=1S/C40H62O15/c1-17-12-28(55-35(49)18(17)2)40(5,50)26-9-8-22-21-7-6-19-13-20(14-27(42)39(19,4)23(21)10-11-38(22,26)3)52-37-34(48)32(46)30(44)25(54-37)16-51-36-33(47)31(45)29(43)24(15-41)53-36/h6,20-34,36-37,41-48,50H,7-16H2,1-5H3/t20-,21-,22-,23-,24-,25+,26-,27-,28-,29+,30+,31-,32-,33+,34+,36-,37+,38-,39-,40+/m1/s1. The van der Waals surface area contributed by atoms with E-state index in [0.717, 1.165) is 43.3 Å². The first kappa shape index (κ1) is 41.6. The second-order valence-electron chi connectivity index (χ2n) is 18.3. The Morgan fingerprint density at radius 2 is 1.51 bits per heavy atom. The summed E-state index contributed by atoms with van der Waals surface area (Å²) in [5.41, 5.74) is 0.757. The molecule has 3 aliphatic heterocycles. The zero-order chi connectivity index (χ0) is 39.9. The van der Waals surface area contributed by atoms with Crippen molar-refractivity contribution in [2.45, 2.75) is 171 Å². The van der Waals surface area contributed by atoms with Gasteiger partial charge in [-0.3, -0.25) is 0 Å². The third kappa shape index (κ3) is 6.86. The van der Waals surface area contributed by atoms with E-state index in [0.29, 0.717) is 30.3 Å². The summed E-state index contributed by atoms with van der Waals surface area (Å²) < 4.78 is 28.9. The van der Waals surface area contributed by atoms with Crippen molar-refractivity contribution in [1.82, 2.24) is 0 Å². The number of fused-ring (bicyclic) bond motifs is 5. The normalized spacial score (nSPS) is 51.3. The molecule has 0 aromatic heterocycles. The maximum absolute atomic E-state index is 12.6. The van der Waals surface area contributed by atoms with Crippen molar-refractivity contribution in [3.8, 4) is 0 Å². The van der Waals surface area contributed by atoms with E-state index in [-0.39, 0.29) is 29.6 Å². The van der Waals surface area contributed by atoms with E-state index in [1.165, 1.54) is 0 Å². The summed E-state index contributed by atoms with van der Waals surface area (Å²) in [4.78, 5) is 12.6. The van der Waals surface area contributed by atoms with Crippen LogP contribution in [0.25, 0.3) is 0 Å². The van der Waals surface area contributed by atoms with Crippen molar-refractivity contribution in [2.75, 3.05) is 13.2 Å². The van der Waals surface area contributed by atoms with Gasteiger partial charge in [-0.15, -0.1) is 0 Å². The van der Waals surface area contributed by atoms with Gasteiger partial charge in [-0.2, -0.15) is 0 Å². The molecule has 0 aromatic rings. The van der Waals surface area contributed by atoms with Crippen molar-refractivity contribution in [3.63, 3.8) is 0 Å². The van der Waals surface area contributed by atoms with Gasteiger partial charge in [0.25, 0.3) is 0 Å². The van der Waals surface area contributed by atoms with Crippen LogP contribution in [0.2, 0.25) is 0 Å². The molecular formula is C40H62O15. The Bertz CT molecular complexity index is 1500. The third-order valence-corrected chi connectivity index (χ3v) is 15.5. The number of carbonyl (C=O) groups excluding carboxylic acids is 1. The van der Waals surface area contributed by atoms with E-state index in [1.807, 2.05) is 13.8 Å². The predicted octanol–water partition coefficient (Wildman–Crippen LogP) is -0.0516. The van der Waals surface area contributed by atoms with Crippen molar-refractivity contribution < 1.29 is 74.4 Å². The molecule has 5 fully saturated rings. The Balaban J connectivity index is 1.01. The Hall–Kier alpha value is -1.57. The quantitative estimate of drug-likeness (QED) is 0.116. The first-order valence-electron chi connectivity index (χ1n) is 20.1. The fraction of sp³-hybridized carbons (Fsp3) is 0.875. The van der Waals surface area contributed by atoms with Gasteiger partial charge in [-0.25, -0.2) is 4.79 Å². The number of rotatable bonds is 8. The van der Waals surface area contributed by atoms with E-state index >= 15 is 0 Å². The number of cyclic esters (lactones) is 1. The minimum atomic E-state index is -1.68. The second-order valence-corrected chi connectivity index (χ2v) is 18.3. The van der Waals surface area contributed by atoms with Crippen LogP contribution in [0.4, 0.5) is 0 Å². The van der Waals surface area contributed by atoms with E-state index in [2.05, 4.69) is 19.9 Å². The van der Waals surface area contributed by atoms with Crippen LogP contribution < -0.4 is 0 Å². The van der Waals surface area contributed by atoms with Crippen LogP contribution in [0.3, 0.4) is 0 Å². The largest absolute Gasteiger partial charge is 0.456 e. The lowest BCUT2D eigenvalue weighted by Gasteiger charge is -2.60. The van der Waals surface area contributed by atoms with Crippen LogP contribution in [0.1, 0.15) is 86.0 Å². The number of aliphatic hydroxyl groups excluding tert-OH is 8. The van der Waals surface area contributed by atoms with Gasteiger partial charge >= 0.3 is 5.97 Å². The van der Waals surface area contributed by atoms with Gasteiger partial charge in [0.2, 0.25) is 0 Å². The molecule has 4 aliphatic carbocycles. The highest BCUT2D eigenvalue weighted by Gasteiger charge is 2.64. The molecule has 0 aromatic carbocycles. The summed E-state index contributed by atoms with van der Waals surface area (Å²) in [6.45, 7) is 8.86. The summed E-state index contributed by atoms with van der Waals surface area (Å²) in [6.07, 6.45) is -9.39. The molecule has 9 N–H and O–H groups in total. The lowest BCUT2D eigenvalue weighted by molar-refractivity contribution is -0.337. The average Bonchev–Trinajstić information content (AvgIpc) is 3.51. The van der Waals surface area contributed by atoms with Gasteiger partial charge in [0.05, 0.1) is 25.4 Å². The number of allylic oxidation sites excluding steroid dienone is 1. The molecule has 0 amide bonds.